The van der Waals surface area contributed by atoms with Gasteiger partial charge in [0.15, 0.2) is 0 Å². The summed E-state index contributed by atoms with van der Waals surface area (Å²) in [5.41, 5.74) is 5.31. The summed E-state index contributed by atoms with van der Waals surface area (Å²) >= 11 is 5.04. The van der Waals surface area contributed by atoms with Crippen molar-refractivity contribution in [3.05, 3.63) is 34.4 Å². The van der Waals surface area contributed by atoms with E-state index in [1.54, 1.807) is 0 Å². The number of hydrogen-bond donors (Lipinski definition) is 0. The van der Waals surface area contributed by atoms with Crippen molar-refractivity contribution >= 4 is 12.6 Å². The fourth-order valence-corrected chi connectivity index (χ4v) is 1.89. The Bertz CT molecular complexity index is 246. The van der Waals surface area contributed by atoms with E-state index in [9.17, 15) is 0 Å². The van der Waals surface area contributed by atoms with Crippen molar-refractivity contribution < 1.29 is 18.9 Å². The van der Waals surface area contributed by atoms with Gasteiger partial charge in [0.05, 0.1) is 0 Å². The molecule has 0 nitrogen and oxygen atoms in total. The van der Waals surface area contributed by atoms with Crippen molar-refractivity contribution in [3.63, 3.8) is 0 Å². The minimum absolute atomic E-state index is 0. The molecule has 0 fully saturated rings. The first-order valence-electron chi connectivity index (χ1n) is 3.80. The summed E-state index contributed by atoms with van der Waals surface area (Å²) in [6.45, 7) is 6.37. The molecule has 0 aliphatic heterocycles. The molecule has 1 aromatic carbocycles. The minimum atomic E-state index is 0. The molecule has 0 aliphatic rings. The molecule has 0 bridgehead atoms. The number of rotatable bonds is 1. The summed E-state index contributed by atoms with van der Waals surface area (Å²) in [7, 11) is 0. The molecule has 0 saturated carbocycles. The minimum Gasteiger partial charge on any atom is -0.788 e. The molecule has 0 radical (unpaired) electrons. The third-order valence-electron chi connectivity index (χ3n) is 1.98. The molecule has 2 heteroatoms. The maximum Gasteiger partial charge on any atom is 1.00 e. The molecular formula is C10H13LiS. The van der Waals surface area contributed by atoms with Gasteiger partial charge in [-0.3, -0.25) is 0 Å². The van der Waals surface area contributed by atoms with E-state index in [4.69, 9.17) is 12.6 Å². The van der Waals surface area contributed by atoms with Crippen LogP contribution in [-0.4, -0.2) is 0 Å². The van der Waals surface area contributed by atoms with Crippen LogP contribution in [0.25, 0.3) is 0 Å². The molecule has 12 heavy (non-hydrogen) atoms. The Balaban J connectivity index is 0.00000121. The van der Waals surface area contributed by atoms with E-state index in [1.807, 2.05) is 0 Å². The van der Waals surface area contributed by atoms with Gasteiger partial charge < -0.3 is 12.6 Å². The second-order valence-corrected chi connectivity index (χ2v) is 3.31. The Morgan fingerprint density at radius 1 is 1.08 bits per heavy atom. The zero-order valence-electron chi connectivity index (χ0n) is 8.27. The molecule has 1 aromatic rings. The second-order valence-electron chi connectivity index (χ2n) is 3.02. The number of aryl methyl sites for hydroxylation is 3. The van der Waals surface area contributed by atoms with E-state index in [1.165, 1.54) is 22.3 Å². The first kappa shape index (κ1) is 12.2. The van der Waals surface area contributed by atoms with Crippen LogP contribution in [0.1, 0.15) is 22.3 Å². The fraction of sp³-hybridized carbons (Fsp3) is 0.400. The van der Waals surface area contributed by atoms with Crippen LogP contribution in [-0.2, 0) is 18.4 Å². The molecule has 0 amide bonds. The normalized spacial score (nSPS) is 9.33. The van der Waals surface area contributed by atoms with Gasteiger partial charge in [-0.1, -0.05) is 23.3 Å². The molecule has 0 atom stereocenters. The van der Waals surface area contributed by atoms with Gasteiger partial charge in [-0.2, -0.15) is 5.75 Å². The molecule has 0 heterocycles. The molecule has 0 N–H and O–H groups in total. The average molecular weight is 172 g/mol. The Hall–Kier alpha value is 0.167. The zero-order valence-corrected chi connectivity index (χ0v) is 9.09. The summed E-state index contributed by atoms with van der Waals surface area (Å²) in [6, 6.07) is 4.38. The second kappa shape index (κ2) is 5.02. The largest absolute Gasteiger partial charge is 1.00 e. The van der Waals surface area contributed by atoms with E-state index in [0.717, 1.165) is 5.75 Å². The van der Waals surface area contributed by atoms with E-state index in [-0.39, 0.29) is 18.9 Å². The van der Waals surface area contributed by atoms with Gasteiger partial charge in [0, 0.05) is 0 Å². The molecule has 0 aromatic heterocycles. The van der Waals surface area contributed by atoms with Crippen LogP contribution >= 0.6 is 0 Å². The Labute approximate surface area is 92.3 Å². The smallest absolute Gasteiger partial charge is 0.788 e. The van der Waals surface area contributed by atoms with Crippen LogP contribution in [0.2, 0.25) is 0 Å². The van der Waals surface area contributed by atoms with Crippen LogP contribution in [0, 0.1) is 20.8 Å². The predicted octanol–water partition coefficient (Wildman–Crippen LogP) is -0.337. The monoisotopic (exact) mass is 172 g/mol. The van der Waals surface area contributed by atoms with Crippen molar-refractivity contribution in [1.29, 1.82) is 0 Å². The standard InChI is InChI=1S/C10H14S.Li/c1-7-4-8(2)10(6-11)9(3)5-7;/h4-5,11H,6H2,1-3H3;/q;+1/p-1. The summed E-state index contributed by atoms with van der Waals surface area (Å²) in [5, 5.41) is 0. The van der Waals surface area contributed by atoms with E-state index in [0.29, 0.717) is 0 Å². The van der Waals surface area contributed by atoms with Crippen LogP contribution in [0.3, 0.4) is 0 Å². The summed E-state index contributed by atoms with van der Waals surface area (Å²) < 4.78 is 0. The molecule has 0 spiro atoms. The Morgan fingerprint density at radius 3 is 1.83 bits per heavy atom. The van der Waals surface area contributed by atoms with Crippen molar-refractivity contribution in [2.24, 2.45) is 0 Å². The Kier molecular flexibility index (Phi) is 5.09. The van der Waals surface area contributed by atoms with Crippen LogP contribution < -0.4 is 18.9 Å². The van der Waals surface area contributed by atoms with E-state index in [2.05, 4.69) is 32.9 Å². The van der Waals surface area contributed by atoms with Gasteiger partial charge in [-0.15, -0.1) is 0 Å². The number of benzene rings is 1. The first-order valence-corrected chi connectivity index (χ1v) is 4.37. The average Bonchev–Trinajstić information content (AvgIpc) is 1.85. The summed E-state index contributed by atoms with van der Waals surface area (Å²) in [6.07, 6.45) is 0. The number of hydrogen-bond acceptors (Lipinski definition) is 1. The third-order valence-corrected chi connectivity index (χ3v) is 2.27. The van der Waals surface area contributed by atoms with Gasteiger partial charge >= 0.3 is 18.9 Å². The van der Waals surface area contributed by atoms with Crippen molar-refractivity contribution in [2.75, 3.05) is 0 Å². The van der Waals surface area contributed by atoms with Crippen molar-refractivity contribution in [3.8, 4) is 0 Å². The molecule has 0 saturated heterocycles. The Morgan fingerprint density at radius 2 is 1.50 bits per heavy atom. The maximum absolute atomic E-state index is 5.04. The van der Waals surface area contributed by atoms with Crippen LogP contribution in [0.15, 0.2) is 12.1 Å². The van der Waals surface area contributed by atoms with E-state index >= 15 is 0 Å². The first-order chi connectivity index (χ1) is 5.15. The summed E-state index contributed by atoms with van der Waals surface area (Å²) in [5.74, 6) is 0.734. The molecule has 0 unspecified atom stereocenters. The predicted molar refractivity (Wildman–Crippen MR) is 51.7 cm³/mol. The topological polar surface area (TPSA) is 0 Å². The zero-order chi connectivity index (χ0) is 8.43. The van der Waals surface area contributed by atoms with Gasteiger partial charge in [-0.05, 0) is 31.9 Å². The van der Waals surface area contributed by atoms with Crippen LogP contribution in [0.5, 0.6) is 0 Å². The fourth-order valence-electron chi connectivity index (χ4n) is 1.44. The maximum atomic E-state index is 5.04. The van der Waals surface area contributed by atoms with Gasteiger partial charge in [0.25, 0.3) is 0 Å². The molecular weight excluding hydrogens is 159 g/mol. The van der Waals surface area contributed by atoms with Gasteiger partial charge in [0.1, 0.15) is 0 Å². The molecule has 1 rings (SSSR count). The quantitative estimate of drug-likeness (QED) is 0.412. The van der Waals surface area contributed by atoms with Gasteiger partial charge in [-0.25, -0.2) is 0 Å². The molecule has 60 valence electrons. The summed E-state index contributed by atoms with van der Waals surface area (Å²) in [4.78, 5) is 0. The SMILES string of the molecule is Cc1cc(C)c(C[S-])c(C)c1.[Li+]. The third kappa shape index (κ3) is 2.59. The van der Waals surface area contributed by atoms with Gasteiger partial charge in [0.2, 0.25) is 0 Å². The van der Waals surface area contributed by atoms with Crippen molar-refractivity contribution in [2.45, 2.75) is 26.5 Å². The van der Waals surface area contributed by atoms with Crippen molar-refractivity contribution in [1.82, 2.24) is 0 Å². The molecule has 0 aliphatic carbocycles. The van der Waals surface area contributed by atoms with Crippen LogP contribution in [0.4, 0.5) is 0 Å². The van der Waals surface area contributed by atoms with E-state index < -0.39 is 0 Å².